The van der Waals surface area contributed by atoms with E-state index in [0.29, 0.717) is 17.7 Å². The van der Waals surface area contributed by atoms with Gasteiger partial charge in [0.1, 0.15) is 17.1 Å². The number of thiazole rings is 1. The highest BCUT2D eigenvalue weighted by Crippen LogP contribution is 2.29. The van der Waals surface area contributed by atoms with Crippen LogP contribution in [0.2, 0.25) is 0 Å². The van der Waals surface area contributed by atoms with Gasteiger partial charge in [-0.3, -0.25) is 4.79 Å². The molecule has 0 atom stereocenters. The van der Waals surface area contributed by atoms with E-state index in [1.807, 2.05) is 36.4 Å². The summed E-state index contributed by atoms with van der Waals surface area (Å²) in [6.07, 6.45) is 0.424. The van der Waals surface area contributed by atoms with Crippen LogP contribution in [-0.2, 0) is 6.42 Å². The van der Waals surface area contributed by atoms with Crippen LogP contribution in [0.15, 0.2) is 72.8 Å². The fourth-order valence-electron chi connectivity index (χ4n) is 3.00. The van der Waals surface area contributed by atoms with Crippen molar-refractivity contribution in [3.63, 3.8) is 0 Å². The highest BCUT2D eigenvalue weighted by molar-refractivity contribution is 7.18. The van der Waals surface area contributed by atoms with Crippen LogP contribution in [0.5, 0.6) is 11.5 Å². The Labute approximate surface area is 172 Å². The third-order valence-electron chi connectivity index (χ3n) is 4.20. The number of carbonyl (C=O) groups excluding carboxylic acids is 2. The van der Waals surface area contributed by atoms with Gasteiger partial charge in [0.2, 0.25) is 13.7 Å². The normalized spacial score (nSPS) is 10.6. The second-order valence-corrected chi connectivity index (χ2v) is 7.45. The molecule has 1 aromatic heterocycles. The van der Waals surface area contributed by atoms with Gasteiger partial charge >= 0.3 is 5.97 Å². The zero-order chi connectivity index (χ0) is 20.2. The second-order valence-electron chi connectivity index (χ2n) is 6.34. The number of benzene rings is 3. The number of para-hydroxylation sites is 2. The zero-order valence-corrected chi connectivity index (χ0v) is 16.4. The molecule has 0 fully saturated rings. The fourth-order valence-corrected chi connectivity index (χ4v) is 3.99. The van der Waals surface area contributed by atoms with E-state index in [4.69, 9.17) is 9.47 Å². The monoisotopic (exact) mass is 401 g/mol. The molecular weight excluding hydrogens is 385 g/mol. The van der Waals surface area contributed by atoms with Crippen molar-refractivity contribution in [2.45, 2.75) is 6.42 Å². The van der Waals surface area contributed by atoms with Crippen molar-refractivity contribution >= 4 is 41.2 Å². The van der Waals surface area contributed by atoms with Gasteiger partial charge in [-0.05, 0) is 35.9 Å². The molecule has 4 rings (SSSR count). The lowest BCUT2D eigenvalue weighted by molar-refractivity contribution is 0.0731. The van der Waals surface area contributed by atoms with Gasteiger partial charge in [0, 0.05) is 6.42 Å². The van der Waals surface area contributed by atoms with Gasteiger partial charge in [-0.2, -0.15) is 0 Å². The molecule has 0 saturated carbocycles. The molecule has 7 heteroatoms. The molecule has 0 unspecified atom stereocenters. The fraction of sp³-hybridized carbons (Fsp3) is 0.0455. The lowest BCUT2D eigenvalue weighted by atomic mass is 10.0. The number of ether oxygens (including phenoxy) is 2. The summed E-state index contributed by atoms with van der Waals surface area (Å²) in [5, 5.41) is 0.861. The lowest BCUT2D eigenvalue weighted by Gasteiger charge is -2.13. The van der Waals surface area contributed by atoms with Crippen molar-refractivity contribution in [1.82, 2.24) is 4.98 Å². The Hall–Kier alpha value is -3.45. The largest absolute Gasteiger partial charge is 0.434 e. The van der Waals surface area contributed by atoms with Gasteiger partial charge in [-0.25, -0.2) is 9.78 Å². The Bertz CT molecular complexity index is 1160. The van der Waals surface area contributed by atoms with E-state index in [9.17, 15) is 9.59 Å². The quantitative estimate of drug-likeness (QED) is 0.284. The minimum absolute atomic E-state index is 0.178. The molecule has 0 spiro atoms. The molecule has 5 nitrogen and oxygen atoms in total. The second kappa shape index (κ2) is 8.28. The van der Waals surface area contributed by atoms with Crippen molar-refractivity contribution in [2.24, 2.45) is 0 Å². The van der Waals surface area contributed by atoms with Gasteiger partial charge in [-0.1, -0.05) is 42.5 Å². The van der Waals surface area contributed by atoms with E-state index in [1.54, 1.807) is 47.7 Å². The molecule has 4 aromatic rings. The Balaban J connectivity index is 1.72. The van der Waals surface area contributed by atoms with Crippen LogP contribution >= 0.6 is 11.3 Å². The molecule has 29 heavy (non-hydrogen) atoms. The van der Waals surface area contributed by atoms with Crippen molar-refractivity contribution in [3.05, 3.63) is 88.9 Å². The molecule has 0 aliphatic carbocycles. The average molecular weight is 401 g/mol. The van der Waals surface area contributed by atoms with E-state index in [-0.39, 0.29) is 11.3 Å². The Kier molecular flexibility index (Phi) is 5.40. The number of aromatic nitrogens is 1. The summed E-state index contributed by atoms with van der Waals surface area (Å²) in [5.41, 5.74) is 1.83. The van der Waals surface area contributed by atoms with Gasteiger partial charge in [0.15, 0.2) is 0 Å². The predicted molar refractivity (Wildman–Crippen MR) is 115 cm³/mol. The summed E-state index contributed by atoms with van der Waals surface area (Å²) in [4.78, 5) is 29.2. The first-order chi connectivity index (χ1) is 14.1. The molecule has 0 saturated heterocycles. The smallest absolute Gasteiger partial charge is 0.347 e. The van der Waals surface area contributed by atoms with Crippen LogP contribution < -0.4 is 9.47 Å². The minimum Gasteiger partial charge on any atom is -0.434 e. The number of nitrogens with zero attached hydrogens (tertiary/aromatic N) is 1. The number of rotatable bonds is 5. The maximum atomic E-state index is 13.0. The van der Waals surface area contributed by atoms with E-state index >= 15 is 0 Å². The molecule has 0 N–H and O–H groups in total. The van der Waals surface area contributed by atoms with E-state index in [1.165, 1.54) is 7.85 Å². The lowest BCUT2D eigenvalue weighted by Crippen LogP contribution is -2.16. The predicted octanol–water partition coefficient (Wildman–Crippen LogP) is 4.24. The summed E-state index contributed by atoms with van der Waals surface area (Å²) in [6, 6.07) is 21.8. The zero-order valence-electron chi connectivity index (χ0n) is 15.6. The third kappa shape index (κ3) is 4.36. The van der Waals surface area contributed by atoms with Crippen LogP contribution in [0, 0.1) is 0 Å². The number of carbonyl (C=O) groups is 2. The minimum atomic E-state index is -0.579. The maximum absolute atomic E-state index is 13.0. The number of hydrogen-bond acceptors (Lipinski definition) is 6. The highest BCUT2D eigenvalue weighted by atomic mass is 32.1. The summed E-state index contributed by atoms with van der Waals surface area (Å²) in [5.74, 6) is -0.488. The molecule has 3 aromatic carbocycles. The Morgan fingerprint density at radius 3 is 2.41 bits per heavy atom. The molecule has 0 amide bonds. The Morgan fingerprint density at radius 2 is 1.66 bits per heavy atom. The SMILES string of the molecule is BC(=O)Oc1cccc(Cc2nc3ccccc3s2)c1C(=O)Oc1ccccc1. The summed E-state index contributed by atoms with van der Waals surface area (Å²) >= 11 is 1.57. The molecule has 142 valence electrons. The number of fused-ring (bicyclic) bond motifs is 1. The first-order valence-corrected chi connectivity index (χ1v) is 9.84. The standard InChI is InChI=1S/C22H16BNO4S/c23-22(26)28-17-11-6-7-14(13-19-24-16-10-4-5-12-18(16)29-19)20(17)21(25)27-15-8-2-1-3-9-15/h1-12H,13,23H2. The molecule has 0 radical (unpaired) electrons. The number of esters is 1. The van der Waals surface area contributed by atoms with Crippen LogP contribution in [0.3, 0.4) is 0 Å². The molecule has 1 heterocycles. The third-order valence-corrected chi connectivity index (χ3v) is 5.24. The van der Waals surface area contributed by atoms with E-state index in [0.717, 1.165) is 15.2 Å². The van der Waals surface area contributed by atoms with Crippen molar-refractivity contribution in [2.75, 3.05) is 0 Å². The van der Waals surface area contributed by atoms with Crippen molar-refractivity contribution < 1.29 is 19.1 Å². The number of hydrogen-bond donors (Lipinski definition) is 0. The van der Waals surface area contributed by atoms with Crippen LogP contribution in [-0.4, -0.2) is 24.7 Å². The molecule has 0 aliphatic heterocycles. The van der Waals surface area contributed by atoms with Crippen molar-refractivity contribution in [3.8, 4) is 11.5 Å². The molecule has 0 aliphatic rings. The summed E-state index contributed by atoms with van der Waals surface area (Å²) in [7, 11) is 1.30. The van der Waals surface area contributed by atoms with Crippen LogP contribution in [0.25, 0.3) is 10.2 Å². The van der Waals surface area contributed by atoms with E-state index < -0.39 is 11.8 Å². The first kappa shape index (κ1) is 18.9. The summed E-state index contributed by atoms with van der Waals surface area (Å²) < 4.78 is 11.9. The van der Waals surface area contributed by atoms with Crippen LogP contribution in [0.4, 0.5) is 4.79 Å². The first-order valence-electron chi connectivity index (χ1n) is 9.02. The molecule has 0 bridgehead atoms. The molecular formula is C22H16BNO4S. The average Bonchev–Trinajstić information content (AvgIpc) is 3.10. The highest BCUT2D eigenvalue weighted by Gasteiger charge is 2.22. The Morgan fingerprint density at radius 1 is 0.897 bits per heavy atom. The van der Waals surface area contributed by atoms with Gasteiger partial charge in [0.25, 0.3) is 0 Å². The topological polar surface area (TPSA) is 65.5 Å². The maximum Gasteiger partial charge on any atom is 0.347 e. The van der Waals surface area contributed by atoms with Crippen LogP contribution in [0.1, 0.15) is 20.9 Å². The van der Waals surface area contributed by atoms with Crippen molar-refractivity contribution in [1.29, 1.82) is 0 Å². The van der Waals surface area contributed by atoms with Gasteiger partial charge in [-0.15, -0.1) is 11.3 Å². The van der Waals surface area contributed by atoms with Gasteiger partial charge < -0.3 is 9.47 Å². The van der Waals surface area contributed by atoms with Gasteiger partial charge in [0.05, 0.1) is 15.2 Å². The van der Waals surface area contributed by atoms with E-state index in [2.05, 4.69) is 4.98 Å². The summed E-state index contributed by atoms with van der Waals surface area (Å²) in [6.45, 7) is 0.